The van der Waals surface area contributed by atoms with Crippen molar-refractivity contribution in [2.75, 3.05) is 13.2 Å². The lowest BCUT2D eigenvalue weighted by molar-refractivity contribution is 0.0918. The summed E-state index contributed by atoms with van der Waals surface area (Å²) in [5.74, 6) is 0.808. The molecule has 25 heavy (non-hydrogen) atoms. The number of aromatic hydroxyl groups is 1. The van der Waals surface area contributed by atoms with Crippen LogP contribution < -0.4 is 9.47 Å². The van der Waals surface area contributed by atoms with Crippen LogP contribution in [-0.4, -0.2) is 24.1 Å². The van der Waals surface area contributed by atoms with Gasteiger partial charge in [-0.1, -0.05) is 39.8 Å². The first-order valence-corrected chi connectivity index (χ1v) is 8.53. The number of ether oxygens (including phenoxy) is 2. The average molecular weight is 342 g/mol. The van der Waals surface area contributed by atoms with Crippen molar-refractivity contribution >= 4 is 5.78 Å². The lowest BCUT2D eigenvalue weighted by Crippen LogP contribution is -2.13. The maximum Gasteiger partial charge on any atom is 0.203 e. The third kappa shape index (κ3) is 5.24. The van der Waals surface area contributed by atoms with E-state index in [4.69, 9.17) is 9.47 Å². The third-order valence-corrected chi connectivity index (χ3v) is 3.83. The molecule has 0 amide bonds. The van der Waals surface area contributed by atoms with Gasteiger partial charge in [-0.3, -0.25) is 4.79 Å². The van der Waals surface area contributed by atoms with Crippen LogP contribution in [0.3, 0.4) is 0 Å². The van der Waals surface area contributed by atoms with Crippen LogP contribution in [0, 0.1) is 0 Å². The van der Waals surface area contributed by atoms with Gasteiger partial charge in [-0.05, 0) is 41.7 Å². The summed E-state index contributed by atoms with van der Waals surface area (Å²) >= 11 is 0. The van der Waals surface area contributed by atoms with Crippen LogP contribution in [0.15, 0.2) is 42.5 Å². The van der Waals surface area contributed by atoms with Crippen LogP contribution in [0.2, 0.25) is 0 Å². The molecule has 0 spiro atoms. The van der Waals surface area contributed by atoms with E-state index >= 15 is 0 Å². The molecule has 0 aromatic heterocycles. The van der Waals surface area contributed by atoms with Gasteiger partial charge in [0.15, 0.2) is 6.61 Å². The minimum Gasteiger partial charge on any atom is -0.507 e. The molecule has 0 atom stereocenters. The van der Waals surface area contributed by atoms with E-state index < -0.39 is 0 Å². The molecule has 0 radical (unpaired) electrons. The number of phenolic OH excluding ortho intramolecular Hbond substituents is 1. The largest absolute Gasteiger partial charge is 0.507 e. The quantitative estimate of drug-likeness (QED) is 0.738. The van der Waals surface area contributed by atoms with E-state index in [1.54, 1.807) is 12.1 Å². The van der Waals surface area contributed by atoms with E-state index in [-0.39, 0.29) is 29.1 Å². The number of benzene rings is 2. The van der Waals surface area contributed by atoms with E-state index in [0.717, 1.165) is 6.42 Å². The molecule has 0 aliphatic carbocycles. The van der Waals surface area contributed by atoms with Crippen molar-refractivity contribution in [2.24, 2.45) is 0 Å². The van der Waals surface area contributed by atoms with Crippen molar-refractivity contribution in [3.8, 4) is 17.2 Å². The Morgan fingerprint density at radius 1 is 1.00 bits per heavy atom. The number of hydrogen-bond acceptors (Lipinski definition) is 4. The summed E-state index contributed by atoms with van der Waals surface area (Å²) in [6.45, 7) is 8.87. The molecule has 0 unspecified atom stereocenters. The zero-order chi connectivity index (χ0) is 18.4. The summed E-state index contributed by atoms with van der Waals surface area (Å²) in [7, 11) is 0. The van der Waals surface area contributed by atoms with Crippen LogP contribution in [0.4, 0.5) is 0 Å². The summed E-state index contributed by atoms with van der Waals surface area (Å²) in [6, 6.07) is 12.4. The molecule has 0 fully saturated rings. The Morgan fingerprint density at radius 3 is 2.20 bits per heavy atom. The zero-order valence-corrected chi connectivity index (χ0v) is 15.3. The topological polar surface area (TPSA) is 55.8 Å². The lowest BCUT2D eigenvalue weighted by atomic mass is 9.87. The molecular weight excluding hydrogens is 316 g/mol. The molecule has 2 aromatic rings. The van der Waals surface area contributed by atoms with E-state index in [2.05, 4.69) is 20.8 Å². The summed E-state index contributed by atoms with van der Waals surface area (Å²) < 4.78 is 11.0. The Kier molecular flexibility index (Phi) is 6.07. The van der Waals surface area contributed by atoms with Gasteiger partial charge in [0.2, 0.25) is 5.78 Å². The fourth-order valence-electron chi connectivity index (χ4n) is 2.33. The van der Waals surface area contributed by atoms with E-state index in [0.29, 0.717) is 18.1 Å². The van der Waals surface area contributed by atoms with E-state index in [9.17, 15) is 9.90 Å². The molecule has 1 N–H and O–H groups in total. The highest BCUT2D eigenvalue weighted by Crippen LogP contribution is 2.26. The number of phenols is 1. The van der Waals surface area contributed by atoms with Gasteiger partial charge in [0.1, 0.15) is 17.2 Å². The number of Topliss-reactive ketones (excluding diaryl/α,β-unsaturated/α-hetero) is 1. The van der Waals surface area contributed by atoms with Gasteiger partial charge in [-0.15, -0.1) is 0 Å². The maximum atomic E-state index is 12.3. The van der Waals surface area contributed by atoms with Gasteiger partial charge in [0, 0.05) is 6.07 Å². The molecule has 4 nitrogen and oxygen atoms in total. The van der Waals surface area contributed by atoms with Crippen LogP contribution in [0.25, 0.3) is 0 Å². The predicted molar refractivity (Wildman–Crippen MR) is 98.9 cm³/mol. The van der Waals surface area contributed by atoms with Crippen LogP contribution in [-0.2, 0) is 5.41 Å². The second-order valence-corrected chi connectivity index (χ2v) is 7.01. The Hall–Kier alpha value is -2.49. The van der Waals surface area contributed by atoms with Gasteiger partial charge < -0.3 is 14.6 Å². The molecule has 2 aromatic carbocycles. The monoisotopic (exact) mass is 342 g/mol. The first-order valence-electron chi connectivity index (χ1n) is 8.53. The summed E-state index contributed by atoms with van der Waals surface area (Å²) in [5.41, 5.74) is 1.50. The molecule has 0 saturated carbocycles. The summed E-state index contributed by atoms with van der Waals surface area (Å²) in [6.07, 6.45) is 0.878. The van der Waals surface area contributed by atoms with Crippen molar-refractivity contribution in [1.82, 2.24) is 0 Å². The number of rotatable bonds is 7. The molecule has 0 saturated heterocycles. The summed E-state index contributed by atoms with van der Waals surface area (Å²) in [5, 5.41) is 10.0. The number of ketones is 1. The SMILES string of the molecule is CCCOc1ccc(C(=O)COc2ccc(C(C)(C)C)cc2)c(O)c1. The number of carbonyl (C=O) groups is 1. The molecule has 0 aliphatic rings. The number of hydrogen-bond donors (Lipinski definition) is 1. The molecule has 0 heterocycles. The highest BCUT2D eigenvalue weighted by Gasteiger charge is 2.15. The molecule has 0 aliphatic heterocycles. The third-order valence-electron chi connectivity index (χ3n) is 3.83. The lowest BCUT2D eigenvalue weighted by Gasteiger charge is -2.19. The normalized spacial score (nSPS) is 11.2. The van der Waals surface area contributed by atoms with Gasteiger partial charge in [0.05, 0.1) is 12.2 Å². The minimum atomic E-state index is -0.278. The molecule has 0 bridgehead atoms. The predicted octanol–water partition coefficient (Wildman–Crippen LogP) is 4.74. The van der Waals surface area contributed by atoms with Gasteiger partial charge in [0.25, 0.3) is 0 Å². The fourth-order valence-corrected chi connectivity index (χ4v) is 2.33. The Balaban J connectivity index is 1.98. The van der Waals surface area contributed by atoms with Gasteiger partial charge in [-0.2, -0.15) is 0 Å². The average Bonchev–Trinajstić information content (AvgIpc) is 2.57. The van der Waals surface area contributed by atoms with Crippen molar-refractivity contribution in [3.63, 3.8) is 0 Å². The van der Waals surface area contributed by atoms with Crippen LogP contribution in [0.1, 0.15) is 50.0 Å². The van der Waals surface area contributed by atoms with Crippen LogP contribution >= 0.6 is 0 Å². The highest BCUT2D eigenvalue weighted by molar-refractivity contribution is 5.99. The maximum absolute atomic E-state index is 12.3. The molecule has 4 heteroatoms. The Labute approximate surface area is 149 Å². The van der Waals surface area contributed by atoms with E-state index in [1.165, 1.54) is 11.6 Å². The molecule has 134 valence electrons. The summed E-state index contributed by atoms with van der Waals surface area (Å²) in [4.78, 5) is 12.3. The smallest absolute Gasteiger partial charge is 0.203 e. The Bertz CT molecular complexity index is 712. The van der Waals surface area contributed by atoms with Crippen molar-refractivity contribution < 1.29 is 19.4 Å². The van der Waals surface area contributed by atoms with Gasteiger partial charge in [-0.25, -0.2) is 0 Å². The van der Waals surface area contributed by atoms with Gasteiger partial charge >= 0.3 is 0 Å². The second-order valence-electron chi connectivity index (χ2n) is 7.01. The minimum absolute atomic E-state index is 0.0712. The second kappa shape index (κ2) is 8.06. The molecule has 2 rings (SSSR count). The first kappa shape index (κ1) is 18.8. The fraction of sp³-hybridized carbons (Fsp3) is 0.381. The van der Waals surface area contributed by atoms with Crippen molar-refractivity contribution in [2.45, 2.75) is 39.5 Å². The van der Waals surface area contributed by atoms with E-state index in [1.807, 2.05) is 31.2 Å². The highest BCUT2D eigenvalue weighted by atomic mass is 16.5. The zero-order valence-electron chi connectivity index (χ0n) is 15.3. The standard InChI is InChI=1S/C21H26O4/c1-5-12-24-17-10-11-18(19(22)13-17)20(23)14-25-16-8-6-15(7-9-16)21(2,3)4/h6-11,13,22H,5,12,14H2,1-4H3. The Morgan fingerprint density at radius 2 is 1.64 bits per heavy atom. The van der Waals surface area contributed by atoms with Crippen molar-refractivity contribution in [1.29, 1.82) is 0 Å². The number of carbonyl (C=O) groups excluding carboxylic acids is 1. The van der Waals surface area contributed by atoms with Crippen molar-refractivity contribution in [3.05, 3.63) is 53.6 Å². The first-order chi connectivity index (χ1) is 11.8. The van der Waals surface area contributed by atoms with Crippen LogP contribution in [0.5, 0.6) is 17.2 Å². The molecular formula is C21H26O4.